The molecule has 0 amide bonds. The number of carboxylic acids is 1. The van der Waals surface area contributed by atoms with Crippen molar-refractivity contribution >= 4 is 12.2 Å². The first-order chi connectivity index (χ1) is 13.3. The van der Waals surface area contributed by atoms with Crippen LogP contribution in [-0.4, -0.2) is 33.5 Å². The molecule has 5 heteroatoms. The highest BCUT2D eigenvalue weighted by Gasteiger charge is 2.25. The van der Waals surface area contributed by atoms with Gasteiger partial charge in [-0.3, -0.25) is 4.99 Å². The Morgan fingerprint density at radius 1 is 1.00 bits per heavy atom. The van der Waals surface area contributed by atoms with Crippen LogP contribution >= 0.6 is 0 Å². The number of benzene rings is 2. The number of carbonyl (C=O) groups is 1. The fourth-order valence-corrected chi connectivity index (χ4v) is 2.99. The maximum absolute atomic E-state index is 11.7. The monoisotopic (exact) mass is 397 g/mol. The highest BCUT2D eigenvalue weighted by molar-refractivity contribution is 5.87. The van der Waals surface area contributed by atoms with E-state index < -0.39 is 12.0 Å². The molecule has 2 aromatic rings. The number of hydrogen-bond donors (Lipinski definition) is 3. The van der Waals surface area contributed by atoms with E-state index in [0.717, 1.165) is 16.7 Å². The lowest BCUT2D eigenvalue weighted by Crippen LogP contribution is -2.21. The summed E-state index contributed by atoms with van der Waals surface area (Å²) in [7, 11) is 0. The number of rotatable bonds is 5. The number of phenols is 2. The SMILES string of the molecule is CC(C)(C)c1cc(C=N[C@@H](Cc2ccc(O)cc2)C(=O)O)c(O)c(C(C)(C)C)c1. The van der Waals surface area contributed by atoms with Crippen molar-refractivity contribution in [1.29, 1.82) is 0 Å². The molecule has 0 bridgehead atoms. The van der Waals surface area contributed by atoms with E-state index in [1.165, 1.54) is 18.3 Å². The summed E-state index contributed by atoms with van der Waals surface area (Å²) >= 11 is 0. The van der Waals surface area contributed by atoms with E-state index in [1.54, 1.807) is 12.1 Å². The Hall–Kier alpha value is -2.82. The summed E-state index contributed by atoms with van der Waals surface area (Å²) < 4.78 is 0. The highest BCUT2D eigenvalue weighted by atomic mass is 16.4. The standard InChI is InChI=1S/C24H31NO4/c1-23(2,3)17-12-16(21(27)19(13-17)24(4,5)6)14-25-20(22(28)29)11-15-7-9-18(26)10-8-15/h7-10,12-14,20,26-27H,11H2,1-6H3,(H,28,29)/t20-/m0/s1. The van der Waals surface area contributed by atoms with Crippen LogP contribution < -0.4 is 0 Å². The minimum absolute atomic E-state index is 0.128. The van der Waals surface area contributed by atoms with Crippen molar-refractivity contribution in [2.24, 2.45) is 4.99 Å². The number of nitrogens with zero attached hydrogens (tertiary/aromatic N) is 1. The number of phenolic OH excluding ortho intramolecular Hbond substituents is 2. The molecule has 0 heterocycles. The summed E-state index contributed by atoms with van der Waals surface area (Å²) in [5.41, 5.74) is 2.72. The van der Waals surface area contributed by atoms with Gasteiger partial charge in [-0.15, -0.1) is 0 Å². The summed E-state index contributed by atoms with van der Waals surface area (Å²) in [4.78, 5) is 16.0. The molecule has 29 heavy (non-hydrogen) atoms. The van der Waals surface area contributed by atoms with Crippen LogP contribution in [-0.2, 0) is 22.0 Å². The lowest BCUT2D eigenvalue weighted by molar-refractivity contribution is -0.138. The van der Waals surface area contributed by atoms with Gasteiger partial charge in [-0.05, 0) is 40.2 Å². The number of aliphatic imine (C=N–C) groups is 1. The van der Waals surface area contributed by atoms with Gasteiger partial charge in [0.25, 0.3) is 0 Å². The molecule has 0 fully saturated rings. The quantitative estimate of drug-likeness (QED) is 0.632. The number of carboxylic acid groups (broad SMARTS) is 1. The fourth-order valence-electron chi connectivity index (χ4n) is 2.99. The Balaban J connectivity index is 2.44. The van der Waals surface area contributed by atoms with E-state index in [4.69, 9.17) is 0 Å². The van der Waals surface area contributed by atoms with E-state index in [-0.39, 0.29) is 28.7 Å². The van der Waals surface area contributed by atoms with Crippen molar-refractivity contribution < 1.29 is 20.1 Å². The maximum Gasteiger partial charge on any atom is 0.328 e. The molecule has 0 aliphatic carbocycles. The van der Waals surface area contributed by atoms with Gasteiger partial charge in [-0.2, -0.15) is 0 Å². The van der Waals surface area contributed by atoms with Crippen LogP contribution in [0.15, 0.2) is 41.4 Å². The molecule has 0 spiro atoms. The summed E-state index contributed by atoms with van der Waals surface area (Å²) in [5, 5.41) is 29.8. The van der Waals surface area contributed by atoms with E-state index in [9.17, 15) is 20.1 Å². The molecule has 5 nitrogen and oxygen atoms in total. The van der Waals surface area contributed by atoms with Gasteiger partial charge in [0.05, 0.1) is 0 Å². The first-order valence-corrected chi connectivity index (χ1v) is 9.71. The first kappa shape index (κ1) is 22.5. The predicted molar refractivity (Wildman–Crippen MR) is 116 cm³/mol. The molecule has 2 rings (SSSR count). The van der Waals surface area contributed by atoms with Crippen molar-refractivity contribution in [2.75, 3.05) is 0 Å². The van der Waals surface area contributed by atoms with Gasteiger partial charge < -0.3 is 15.3 Å². The van der Waals surface area contributed by atoms with Crippen LogP contribution in [0.5, 0.6) is 11.5 Å². The Morgan fingerprint density at radius 2 is 1.59 bits per heavy atom. The van der Waals surface area contributed by atoms with Gasteiger partial charge in [-0.1, -0.05) is 59.7 Å². The summed E-state index contributed by atoms with van der Waals surface area (Å²) in [6.45, 7) is 12.4. The van der Waals surface area contributed by atoms with E-state index in [0.29, 0.717) is 5.56 Å². The second-order valence-electron chi connectivity index (χ2n) is 9.46. The smallest absolute Gasteiger partial charge is 0.328 e. The van der Waals surface area contributed by atoms with Crippen molar-refractivity contribution in [3.63, 3.8) is 0 Å². The number of aliphatic carboxylic acids is 1. The van der Waals surface area contributed by atoms with Crippen LogP contribution in [0.2, 0.25) is 0 Å². The Morgan fingerprint density at radius 3 is 2.07 bits per heavy atom. The maximum atomic E-state index is 11.7. The second kappa shape index (κ2) is 8.27. The van der Waals surface area contributed by atoms with Crippen LogP contribution in [0.4, 0.5) is 0 Å². The van der Waals surface area contributed by atoms with E-state index >= 15 is 0 Å². The minimum atomic E-state index is -1.04. The molecule has 0 unspecified atom stereocenters. The first-order valence-electron chi connectivity index (χ1n) is 9.71. The zero-order valence-corrected chi connectivity index (χ0v) is 18.0. The highest BCUT2D eigenvalue weighted by Crippen LogP contribution is 2.37. The van der Waals surface area contributed by atoms with Crippen molar-refractivity contribution in [1.82, 2.24) is 0 Å². The molecule has 0 aliphatic heterocycles. The Labute approximate surface area is 172 Å². The summed E-state index contributed by atoms with van der Waals surface area (Å²) in [5.74, 6) is -0.789. The van der Waals surface area contributed by atoms with Crippen LogP contribution in [0.1, 0.15) is 63.8 Å². The lowest BCUT2D eigenvalue weighted by Gasteiger charge is -2.27. The number of hydrogen-bond acceptors (Lipinski definition) is 4. The topological polar surface area (TPSA) is 90.1 Å². The van der Waals surface area contributed by atoms with Gasteiger partial charge in [0.1, 0.15) is 11.5 Å². The average molecular weight is 398 g/mol. The molecule has 0 radical (unpaired) electrons. The molecule has 0 saturated heterocycles. The van der Waals surface area contributed by atoms with E-state index in [1.807, 2.05) is 32.9 Å². The minimum Gasteiger partial charge on any atom is -0.508 e. The molecule has 0 aromatic heterocycles. The van der Waals surface area contributed by atoms with Crippen molar-refractivity contribution in [3.8, 4) is 11.5 Å². The third-order valence-electron chi connectivity index (χ3n) is 4.86. The largest absolute Gasteiger partial charge is 0.508 e. The Kier molecular flexibility index (Phi) is 6.41. The molecule has 2 aromatic carbocycles. The number of aromatic hydroxyl groups is 2. The van der Waals surface area contributed by atoms with Crippen molar-refractivity contribution in [3.05, 3.63) is 58.7 Å². The predicted octanol–water partition coefficient (Wildman–Crippen LogP) is 4.81. The fraction of sp³-hybridized carbons (Fsp3) is 0.417. The molecule has 0 aliphatic rings. The third-order valence-corrected chi connectivity index (χ3v) is 4.86. The zero-order chi connectivity index (χ0) is 22.0. The lowest BCUT2D eigenvalue weighted by atomic mass is 9.79. The van der Waals surface area contributed by atoms with E-state index in [2.05, 4.69) is 25.8 Å². The van der Waals surface area contributed by atoms with Gasteiger partial charge in [0.2, 0.25) is 0 Å². The molecule has 1 atom stereocenters. The third kappa shape index (κ3) is 5.83. The van der Waals surface area contributed by atoms with Crippen LogP contribution in [0.25, 0.3) is 0 Å². The molecular weight excluding hydrogens is 366 g/mol. The average Bonchev–Trinajstić information content (AvgIpc) is 2.59. The van der Waals surface area contributed by atoms with Gasteiger partial charge in [-0.25, -0.2) is 4.79 Å². The van der Waals surface area contributed by atoms with Gasteiger partial charge in [0.15, 0.2) is 6.04 Å². The summed E-state index contributed by atoms with van der Waals surface area (Å²) in [6.07, 6.45) is 1.65. The van der Waals surface area contributed by atoms with Gasteiger partial charge >= 0.3 is 5.97 Å². The molecule has 3 N–H and O–H groups in total. The Bertz CT molecular complexity index is 900. The normalized spacial score (nSPS) is 13.6. The molecule has 156 valence electrons. The molecule has 0 saturated carbocycles. The second-order valence-corrected chi connectivity index (χ2v) is 9.46. The summed E-state index contributed by atoms with van der Waals surface area (Å²) in [6, 6.07) is 9.28. The van der Waals surface area contributed by atoms with Gasteiger partial charge in [0, 0.05) is 23.8 Å². The zero-order valence-electron chi connectivity index (χ0n) is 18.0. The van der Waals surface area contributed by atoms with Crippen LogP contribution in [0, 0.1) is 0 Å². The van der Waals surface area contributed by atoms with Crippen LogP contribution in [0.3, 0.4) is 0 Å². The van der Waals surface area contributed by atoms with Crippen molar-refractivity contribution in [2.45, 2.75) is 64.8 Å². The molecular formula is C24H31NO4.